The molecule has 2 saturated carbocycles. The first kappa shape index (κ1) is 35.7. The molecule has 3 amide bonds. The fourth-order valence-electron chi connectivity index (χ4n) is 10.2. The molecule has 2 saturated heterocycles. The lowest BCUT2D eigenvalue weighted by Gasteiger charge is -2.50. The van der Waals surface area contributed by atoms with Crippen LogP contribution in [0, 0.1) is 24.2 Å². The van der Waals surface area contributed by atoms with Crippen molar-refractivity contribution in [1.29, 1.82) is 0 Å². The summed E-state index contributed by atoms with van der Waals surface area (Å²) >= 11 is 1.36. The minimum Gasteiger partial charge on any atom is -0.508 e. The molecule has 8 unspecified atom stereocenters. The van der Waals surface area contributed by atoms with E-state index in [1.165, 1.54) is 27.8 Å². The van der Waals surface area contributed by atoms with Gasteiger partial charge in [0.25, 0.3) is 5.91 Å². The van der Waals surface area contributed by atoms with Gasteiger partial charge in [0.1, 0.15) is 40.2 Å². The highest BCUT2D eigenvalue weighted by molar-refractivity contribution is 8.01. The number of benzene rings is 2. The number of fused-ring (bicyclic) bond motifs is 6. The number of aromatic nitrogens is 1. The Labute approximate surface area is 312 Å². The second-order valence-electron chi connectivity index (χ2n) is 16.2. The van der Waals surface area contributed by atoms with Gasteiger partial charge in [-0.3, -0.25) is 14.4 Å². The van der Waals surface area contributed by atoms with E-state index in [1.807, 2.05) is 12.1 Å². The Morgan fingerprint density at radius 1 is 1.08 bits per heavy atom. The molecule has 3 heterocycles. The molecule has 3 aromatic rings. The third kappa shape index (κ3) is 6.00. The van der Waals surface area contributed by atoms with Crippen LogP contribution >= 0.6 is 11.8 Å². The van der Waals surface area contributed by atoms with Crippen LogP contribution in [0.4, 0.5) is 5.69 Å². The quantitative estimate of drug-likeness (QED) is 0.194. The predicted molar refractivity (Wildman–Crippen MR) is 197 cm³/mol. The lowest BCUT2D eigenvalue weighted by Crippen LogP contribution is -2.70. The van der Waals surface area contributed by atoms with Crippen LogP contribution in [0.25, 0.3) is 11.3 Å². The topological polar surface area (TPSA) is 171 Å². The zero-order valence-corrected chi connectivity index (χ0v) is 31.2. The molecule has 280 valence electrons. The second-order valence-corrected chi connectivity index (χ2v) is 17.9. The summed E-state index contributed by atoms with van der Waals surface area (Å²) in [4.78, 5) is 52.6. The van der Waals surface area contributed by atoms with Crippen LogP contribution in [0.15, 0.2) is 47.0 Å². The van der Waals surface area contributed by atoms with Gasteiger partial charge in [-0.1, -0.05) is 30.3 Å². The number of aryl methyl sites for hydroxylation is 2. The second kappa shape index (κ2) is 13.2. The highest BCUT2D eigenvalue weighted by atomic mass is 32.2. The molecule has 0 spiro atoms. The zero-order valence-electron chi connectivity index (χ0n) is 30.4. The Bertz CT molecular complexity index is 1980. The van der Waals surface area contributed by atoms with Crippen LogP contribution in [-0.2, 0) is 25.5 Å². The van der Waals surface area contributed by atoms with E-state index in [2.05, 4.69) is 28.8 Å². The molecule has 8 rings (SSSR count). The molecule has 4 N–H and O–H groups in total. The maximum absolute atomic E-state index is 13.5. The summed E-state index contributed by atoms with van der Waals surface area (Å²) in [6.45, 7) is 7.91. The highest BCUT2D eigenvalue weighted by Crippen LogP contribution is 2.61. The number of carboxylic acids is 1. The van der Waals surface area contributed by atoms with E-state index in [0.29, 0.717) is 47.1 Å². The van der Waals surface area contributed by atoms with Gasteiger partial charge in [-0.25, -0.2) is 4.79 Å². The maximum Gasteiger partial charge on any atom is 0.327 e. The number of anilines is 1. The molecule has 3 aliphatic carbocycles. The monoisotopic (exact) mass is 742 g/mol. The highest BCUT2D eigenvalue weighted by Gasteiger charge is 2.64. The van der Waals surface area contributed by atoms with Crippen molar-refractivity contribution < 1.29 is 38.7 Å². The Kier molecular flexibility index (Phi) is 8.87. The molecular formula is C40H46N4O8S. The number of carbonyl (C=O) groups excluding carboxylic acids is 3. The lowest BCUT2D eigenvalue weighted by molar-refractivity contribution is -0.159. The van der Waals surface area contributed by atoms with E-state index >= 15 is 0 Å². The van der Waals surface area contributed by atoms with Gasteiger partial charge in [-0.05, 0) is 118 Å². The summed E-state index contributed by atoms with van der Waals surface area (Å²) in [5.74, 6) is 0.209. The minimum atomic E-state index is -1.07. The van der Waals surface area contributed by atoms with Crippen molar-refractivity contribution in [3.8, 4) is 17.0 Å². The molecule has 12 nitrogen and oxygen atoms in total. The Morgan fingerprint density at radius 3 is 2.60 bits per heavy atom. The molecule has 0 radical (unpaired) electrons. The summed E-state index contributed by atoms with van der Waals surface area (Å²) in [6, 6.07) is 11.0. The van der Waals surface area contributed by atoms with Gasteiger partial charge in [0.15, 0.2) is 0 Å². The van der Waals surface area contributed by atoms with Crippen molar-refractivity contribution in [3.05, 3.63) is 64.9 Å². The summed E-state index contributed by atoms with van der Waals surface area (Å²) in [7, 11) is 0. The Morgan fingerprint density at radius 2 is 1.85 bits per heavy atom. The largest absolute Gasteiger partial charge is 0.508 e. The van der Waals surface area contributed by atoms with Crippen LogP contribution in [0.2, 0.25) is 0 Å². The molecule has 5 aliphatic rings. The standard InChI is InChI=1S/C40H46N4O8S/c1-20-31(35(47)42-33-36(48)44-34(38(49)50)39(2,3)53-37(33)44)32(43-52-20)21-5-8-23(9-6-21)41-30(46)16-18-51-29-14-13-28-27-11-7-22-19-24(45)10-12-25(22)26(27)15-17-40(28,29)4/h5-6,8-10,12,19,26-29,33-34,37,45H,7,11,13-18H2,1-4H3,(H,41,46)(H,42,47)(H,49,50). The van der Waals surface area contributed by atoms with Gasteiger partial charge in [-0.2, -0.15) is 0 Å². The summed E-state index contributed by atoms with van der Waals surface area (Å²) in [5, 5.41) is 29.1. The molecule has 1 aromatic heterocycles. The average Bonchev–Trinajstić information content (AvgIpc) is 3.75. The number of thioether (sulfide) groups is 1. The van der Waals surface area contributed by atoms with Crippen molar-refractivity contribution in [2.24, 2.45) is 17.3 Å². The number of nitrogens with zero attached hydrogens (tertiary/aromatic N) is 2. The first-order chi connectivity index (χ1) is 25.3. The third-order valence-corrected chi connectivity index (χ3v) is 14.3. The molecule has 0 bridgehead atoms. The summed E-state index contributed by atoms with van der Waals surface area (Å²) < 4.78 is 11.1. The van der Waals surface area contributed by atoms with Crippen LogP contribution in [0.1, 0.15) is 92.5 Å². The summed E-state index contributed by atoms with van der Waals surface area (Å²) in [5.41, 5.74) is 4.49. The van der Waals surface area contributed by atoms with Gasteiger partial charge in [0, 0.05) is 16.0 Å². The summed E-state index contributed by atoms with van der Waals surface area (Å²) in [6.07, 6.45) is 6.89. The van der Waals surface area contributed by atoms with Crippen molar-refractivity contribution in [1.82, 2.24) is 15.4 Å². The van der Waals surface area contributed by atoms with E-state index in [4.69, 9.17) is 9.26 Å². The molecule has 4 fully saturated rings. The number of hydrogen-bond donors (Lipinski definition) is 4. The van der Waals surface area contributed by atoms with Crippen molar-refractivity contribution >= 4 is 41.1 Å². The first-order valence-electron chi connectivity index (χ1n) is 18.6. The number of carbonyl (C=O) groups is 4. The number of aromatic hydroxyl groups is 1. The number of carboxylic acid groups (broad SMARTS) is 1. The van der Waals surface area contributed by atoms with Gasteiger partial charge >= 0.3 is 5.97 Å². The minimum absolute atomic E-state index is 0.0979. The fourth-order valence-corrected chi connectivity index (χ4v) is 11.8. The smallest absolute Gasteiger partial charge is 0.327 e. The lowest BCUT2D eigenvalue weighted by atomic mass is 9.55. The van der Waals surface area contributed by atoms with Crippen molar-refractivity contribution in [3.63, 3.8) is 0 Å². The van der Waals surface area contributed by atoms with E-state index in [-0.39, 0.29) is 35.2 Å². The Balaban J connectivity index is 0.845. The Hall–Kier alpha value is -4.36. The van der Waals surface area contributed by atoms with Crippen molar-refractivity contribution in [2.75, 3.05) is 11.9 Å². The van der Waals surface area contributed by atoms with Crippen LogP contribution in [-0.4, -0.2) is 78.9 Å². The molecular weight excluding hydrogens is 697 g/mol. The SMILES string of the molecule is Cc1onc(-c2ccc(NC(=O)CCOC3CCC4C5CCc6cc(O)ccc6C5CCC34C)cc2)c1C(=O)NC1C(=O)N2C1SC(C)(C)C2C(=O)O. The van der Waals surface area contributed by atoms with Crippen LogP contribution < -0.4 is 10.6 Å². The molecule has 2 aromatic carbocycles. The normalized spacial score (nSPS) is 30.8. The number of phenols is 1. The fraction of sp³-hybridized carbons (Fsp3) is 0.525. The number of rotatable bonds is 9. The van der Waals surface area contributed by atoms with Gasteiger partial charge in [0.05, 0.1) is 19.1 Å². The van der Waals surface area contributed by atoms with E-state index in [1.54, 1.807) is 45.0 Å². The molecule has 13 heteroatoms. The predicted octanol–water partition coefficient (Wildman–Crippen LogP) is 5.87. The number of aliphatic carboxylic acids is 1. The van der Waals surface area contributed by atoms with E-state index in [0.717, 1.165) is 38.5 Å². The molecule has 8 atom stereocenters. The number of hydrogen-bond acceptors (Lipinski definition) is 9. The molecule has 2 aliphatic heterocycles. The number of nitrogens with one attached hydrogen (secondary N) is 2. The van der Waals surface area contributed by atoms with Gasteiger partial charge in [0.2, 0.25) is 11.8 Å². The van der Waals surface area contributed by atoms with Gasteiger partial charge in [-0.15, -0.1) is 11.8 Å². The number of phenolic OH excluding ortho intramolecular Hbond substituents is 1. The van der Waals surface area contributed by atoms with E-state index in [9.17, 15) is 29.4 Å². The third-order valence-electron chi connectivity index (χ3n) is 12.8. The number of ether oxygens (including phenoxy) is 1. The number of amides is 3. The van der Waals surface area contributed by atoms with Gasteiger partial charge < -0.3 is 35.0 Å². The van der Waals surface area contributed by atoms with Crippen LogP contribution in [0.5, 0.6) is 5.75 Å². The van der Waals surface area contributed by atoms with Crippen LogP contribution in [0.3, 0.4) is 0 Å². The van der Waals surface area contributed by atoms with E-state index < -0.39 is 40.0 Å². The zero-order chi connectivity index (χ0) is 37.4. The molecule has 53 heavy (non-hydrogen) atoms. The first-order valence-corrected chi connectivity index (χ1v) is 19.5. The maximum atomic E-state index is 13.5. The van der Waals surface area contributed by atoms with Crippen molar-refractivity contribution in [2.45, 2.75) is 107 Å². The number of β-lactam (4-membered cyclic amide) rings is 1. The average molecular weight is 743 g/mol.